The predicted molar refractivity (Wildman–Crippen MR) is 69.1 cm³/mol. The van der Waals surface area contributed by atoms with Crippen molar-refractivity contribution in [3.05, 3.63) is 35.9 Å². The molecule has 0 saturated heterocycles. The van der Waals surface area contributed by atoms with E-state index in [0.29, 0.717) is 0 Å². The number of hydrogen-bond acceptors (Lipinski definition) is 5. The minimum atomic E-state index is -0.767. The van der Waals surface area contributed by atoms with E-state index in [2.05, 4.69) is 0 Å². The molecule has 0 bridgehead atoms. The zero-order chi connectivity index (χ0) is 14.1. The van der Waals surface area contributed by atoms with Crippen molar-refractivity contribution in [3.8, 4) is 0 Å². The number of nitrogens with zero attached hydrogens (tertiary/aromatic N) is 1. The van der Waals surface area contributed by atoms with E-state index < -0.39 is 12.0 Å². The van der Waals surface area contributed by atoms with Crippen LogP contribution in [0.3, 0.4) is 0 Å². The smallest absolute Gasteiger partial charge is 0.416 e. The Morgan fingerprint density at radius 1 is 1.26 bits per heavy atom. The number of hydrogen-bond donors (Lipinski definition) is 2. The van der Waals surface area contributed by atoms with Crippen LogP contribution < -0.4 is 5.73 Å². The third-order valence-corrected chi connectivity index (χ3v) is 2.41. The van der Waals surface area contributed by atoms with E-state index >= 15 is 0 Å². The molecule has 0 aliphatic carbocycles. The van der Waals surface area contributed by atoms with Gasteiger partial charge in [0.2, 0.25) is 5.91 Å². The van der Waals surface area contributed by atoms with Gasteiger partial charge in [0.25, 0.3) is 0 Å². The van der Waals surface area contributed by atoms with Crippen molar-refractivity contribution in [2.45, 2.75) is 13.0 Å². The third kappa shape index (κ3) is 5.07. The molecule has 0 atom stereocenters. The van der Waals surface area contributed by atoms with E-state index in [1.807, 2.05) is 30.3 Å². The van der Waals surface area contributed by atoms with Crippen molar-refractivity contribution in [2.24, 2.45) is 5.73 Å². The lowest BCUT2D eigenvalue weighted by Gasteiger charge is -2.19. The minimum absolute atomic E-state index is 0.0421. The van der Waals surface area contributed by atoms with Gasteiger partial charge >= 0.3 is 6.09 Å². The summed E-state index contributed by atoms with van der Waals surface area (Å²) in [7, 11) is 0. The highest BCUT2D eigenvalue weighted by molar-refractivity contribution is 5.92. The van der Waals surface area contributed by atoms with Crippen LogP contribution in [0, 0.1) is 0 Å². The second-order valence-electron chi connectivity index (χ2n) is 3.85. The molecule has 0 aliphatic heterocycles. The highest BCUT2D eigenvalue weighted by Gasteiger charge is 2.21. The molecule has 0 aromatic heterocycles. The van der Waals surface area contributed by atoms with Crippen LogP contribution in [0.5, 0.6) is 0 Å². The molecule has 0 aliphatic rings. The molecule has 0 unspecified atom stereocenters. The summed E-state index contributed by atoms with van der Waals surface area (Å²) >= 11 is 0. The van der Waals surface area contributed by atoms with Gasteiger partial charge in [0, 0.05) is 13.0 Å². The summed E-state index contributed by atoms with van der Waals surface area (Å²) in [6, 6.07) is 9.13. The third-order valence-electron chi connectivity index (χ3n) is 2.41. The Morgan fingerprint density at radius 2 is 1.95 bits per heavy atom. The first kappa shape index (κ1) is 15.1. The Balaban J connectivity index is 2.54. The number of benzene rings is 1. The van der Waals surface area contributed by atoms with Crippen LogP contribution >= 0.6 is 0 Å². The quantitative estimate of drug-likeness (QED) is 0.781. The molecule has 0 radical (unpaired) electrons. The maximum absolute atomic E-state index is 11.8. The lowest BCUT2D eigenvalue weighted by molar-refractivity contribution is -0.129. The molecule has 19 heavy (non-hydrogen) atoms. The Morgan fingerprint density at radius 3 is 2.53 bits per heavy atom. The molecule has 6 nitrogen and oxygen atoms in total. The van der Waals surface area contributed by atoms with Crippen LogP contribution in [0.4, 0.5) is 4.79 Å². The van der Waals surface area contributed by atoms with Gasteiger partial charge in [-0.15, -0.1) is 0 Å². The summed E-state index contributed by atoms with van der Waals surface area (Å²) < 4.78 is 5.02. The van der Waals surface area contributed by atoms with E-state index in [1.54, 1.807) is 0 Å². The van der Waals surface area contributed by atoms with Gasteiger partial charge in [0.1, 0.15) is 6.61 Å². The fourth-order valence-corrected chi connectivity index (χ4v) is 1.47. The highest BCUT2D eigenvalue weighted by atomic mass is 16.6. The summed E-state index contributed by atoms with van der Waals surface area (Å²) in [6.07, 6.45) is -0.725. The minimum Gasteiger partial charge on any atom is -0.444 e. The molecule has 0 heterocycles. The van der Waals surface area contributed by atoms with E-state index in [4.69, 9.17) is 15.6 Å². The Labute approximate surface area is 111 Å². The molecule has 1 aromatic carbocycles. The lowest BCUT2D eigenvalue weighted by Crippen LogP contribution is -2.40. The van der Waals surface area contributed by atoms with Gasteiger partial charge in [0.15, 0.2) is 0 Å². The van der Waals surface area contributed by atoms with Gasteiger partial charge < -0.3 is 15.6 Å². The fraction of sp³-hybridized carbons (Fsp3) is 0.385. The summed E-state index contributed by atoms with van der Waals surface area (Å²) in [5.41, 5.74) is 6.09. The zero-order valence-electron chi connectivity index (χ0n) is 10.6. The second-order valence-corrected chi connectivity index (χ2v) is 3.85. The van der Waals surface area contributed by atoms with Crippen molar-refractivity contribution in [2.75, 3.05) is 19.7 Å². The van der Waals surface area contributed by atoms with E-state index in [9.17, 15) is 9.59 Å². The van der Waals surface area contributed by atoms with Gasteiger partial charge in [-0.3, -0.25) is 4.79 Å². The van der Waals surface area contributed by atoms with Gasteiger partial charge in [-0.05, 0) is 5.56 Å². The molecule has 6 heteroatoms. The van der Waals surface area contributed by atoms with Gasteiger partial charge in [-0.2, -0.15) is 0 Å². The molecule has 0 spiro atoms. The summed E-state index contributed by atoms with van der Waals surface area (Å²) in [6.45, 7) is -0.173. The number of nitrogens with two attached hydrogens (primary N) is 1. The largest absolute Gasteiger partial charge is 0.444 e. The number of rotatable bonds is 6. The molecular weight excluding hydrogens is 248 g/mol. The van der Waals surface area contributed by atoms with Crippen molar-refractivity contribution in [3.63, 3.8) is 0 Å². The first-order chi connectivity index (χ1) is 9.19. The first-order valence-electron chi connectivity index (χ1n) is 6.01. The molecule has 1 rings (SSSR count). The number of imide groups is 1. The number of aliphatic hydroxyl groups excluding tert-OH is 1. The first-order valence-corrected chi connectivity index (χ1v) is 6.01. The maximum atomic E-state index is 11.8. The van der Waals surface area contributed by atoms with Gasteiger partial charge in [-0.25, -0.2) is 9.69 Å². The number of ether oxygens (including phenoxy) is 1. The molecule has 104 valence electrons. The number of carbonyl (C=O) groups excluding carboxylic acids is 2. The molecule has 1 aromatic rings. The van der Waals surface area contributed by atoms with Gasteiger partial charge in [0.05, 0.1) is 13.2 Å². The van der Waals surface area contributed by atoms with E-state index in [-0.39, 0.29) is 32.7 Å². The van der Waals surface area contributed by atoms with E-state index in [0.717, 1.165) is 10.5 Å². The number of carbonyl (C=O) groups is 2. The highest BCUT2D eigenvalue weighted by Crippen LogP contribution is 2.04. The van der Waals surface area contributed by atoms with Crippen molar-refractivity contribution in [1.82, 2.24) is 4.90 Å². The maximum Gasteiger partial charge on any atom is 0.416 e. The second kappa shape index (κ2) is 8.23. The van der Waals surface area contributed by atoms with E-state index in [1.165, 1.54) is 0 Å². The molecule has 0 fully saturated rings. The Kier molecular flexibility index (Phi) is 6.56. The average molecular weight is 266 g/mol. The van der Waals surface area contributed by atoms with Crippen LogP contribution in [-0.4, -0.2) is 41.7 Å². The summed E-state index contributed by atoms with van der Waals surface area (Å²) in [5, 5.41) is 8.86. The van der Waals surface area contributed by atoms with Crippen molar-refractivity contribution < 1.29 is 19.4 Å². The van der Waals surface area contributed by atoms with Gasteiger partial charge in [-0.1, -0.05) is 30.3 Å². The summed E-state index contributed by atoms with van der Waals surface area (Å²) in [5.74, 6) is -0.449. The molecule has 0 saturated carbocycles. The lowest BCUT2D eigenvalue weighted by atomic mass is 10.2. The van der Waals surface area contributed by atoms with Crippen LogP contribution in [0.15, 0.2) is 30.3 Å². The normalized spacial score (nSPS) is 10.0. The summed E-state index contributed by atoms with van der Waals surface area (Å²) in [4.78, 5) is 24.2. The standard InChI is InChI=1S/C13H18N2O4/c14-7-6-12(17)15(8-9-16)13(18)19-10-11-4-2-1-3-5-11/h1-5,16H,6-10,14H2. The van der Waals surface area contributed by atoms with Crippen LogP contribution in [0.25, 0.3) is 0 Å². The molecular formula is C13H18N2O4. The fourth-order valence-electron chi connectivity index (χ4n) is 1.47. The number of aliphatic hydroxyl groups is 1. The Bertz CT molecular complexity index is 408. The zero-order valence-corrected chi connectivity index (χ0v) is 10.6. The van der Waals surface area contributed by atoms with Crippen LogP contribution in [0.2, 0.25) is 0 Å². The molecule has 2 amide bonds. The number of amides is 2. The topological polar surface area (TPSA) is 92.9 Å². The SMILES string of the molecule is NCCC(=O)N(CCO)C(=O)OCc1ccccc1. The molecule has 3 N–H and O–H groups in total. The van der Waals surface area contributed by atoms with Crippen LogP contribution in [0.1, 0.15) is 12.0 Å². The Hall–Kier alpha value is -1.92. The predicted octanol–water partition coefficient (Wildman–Crippen LogP) is 0.493. The monoisotopic (exact) mass is 266 g/mol. The van der Waals surface area contributed by atoms with Crippen LogP contribution in [-0.2, 0) is 16.1 Å². The average Bonchev–Trinajstić information content (AvgIpc) is 2.43. The van der Waals surface area contributed by atoms with Crippen molar-refractivity contribution >= 4 is 12.0 Å². The van der Waals surface area contributed by atoms with Crippen molar-refractivity contribution in [1.29, 1.82) is 0 Å².